The Hall–Kier alpha value is -0.300. The molecule has 0 spiro atoms. The molecule has 0 N–H and O–H groups in total. The predicted octanol–water partition coefficient (Wildman–Crippen LogP) is 5.03. The zero-order chi connectivity index (χ0) is 12.8. The molecular weight excluding hydrogens is 206 g/mol. The zero-order valence-electron chi connectivity index (χ0n) is 12.4. The van der Waals surface area contributed by atoms with E-state index in [9.17, 15) is 0 Å². The van der Waals surface area contributed by atoms with Crippen molar-refractivity contribution >= 4 is 0 Å². The summed E-state index contributed by atoms with van der Waals surface area (Å²) in [5, 5.41) is 0. The number of allylic oxidation sites excluding steroid dienone is 1. The van der Waals surface area contributed by atoms with E-state index in [-0.39, 0.29) is 0 Å². The van der Waals surface area contributed by atoms with Crippen LogP contribution in [0.4, 0.5) is 0 Å². The third-order valence-electron chi connectivity index (χ3n) is 3.26. The van der Waals surface area contributed by atoms with Crippen molar-refractivity contribution < 1.29 is 0 Å². The van der Waals surface area contributed by atoms with Crippen LogP contribution in [0.5, 0.6) is 0 Å². The zero-order valence-corrected chi connectivity index (χ0v) is 12.4. The van der Waals surface area contributed by atoms with E-state index in [2.05, 4.69) is 37.8 Å². The Labute approximate surface area is 109 Å². The fourth-order valence-electron chi connectivity index (χ4n) is 2.07. The van der Waals surface area contributed by atoms with Crippen molar-refractivity contribution in [3.63, 3.8) is 0 Å². The second-order valence-electron chi connectivity index (χ2n) is 4.99. The minimum Gasteiger partial charge on any atom is -0.300 e. The predicted molar refractivity (Wildman–Crippen MR) is 79.5 cm³/mol. The first-order chi connectivity index (χ1) is 8.35. The molecule has 0 aliphatic heterocycles. The van der Waals surface area contributed by atoms with Gasteiger partial charge in [-0.2, -0.15) is 0 Å². The maximum Gasteiger partial charge on any atom is 0.0163 e. The molecule has 0 bridgehead atoms. The second-order valence-corrected chi connectivity index (χ2v) is 4.99. The summed E-state index contributed by atoms with van der Waals surface area (Å²) in [5.74, 6) is 0. The largest absolute Gasteiger partial charge is 0.300 e. The average molecular weight is 239 g/mol. The second kappa shape index (κ2) is 13.8. The molecule has 0 aromatic heterocycles. The third-order valence-corrected chi connectivity index (χ3v) is 3.26. The van der Waals surface area contributed by atoms with Crippen LogP contribution in [0.25, 0.3) is 0 Å². The van der Waals surface area contributed by atoms with Crippen molar-refractivity contribution in [1.29, 1.82) is 0 Å². The number of hydrogen-bond acceptors (Lipinski definition) is 1. The van der Waals surface area contributed by atoms with Crippen LogP contribution in [0.15, 0.2) is 12.2 Å². The quantitative estimate of drug-likeness (QED) is 0.341. The molecule has 0 unspecified atom stereocenters. The van der Waals surface area contributed by atoms with Crippen LogP contribution in [0.1, 0.15) is 72.1 Å². The molecule has 0 rings (SSSR count). The first kappa shape index (κ1) is 16.7. The highest BCUT2D eigenvalue weighted by molar-refractivity contribution is 4.81. The molecular formula is C16H33N. The number of rotatable bonds is 12. The molecule has 1 heteroatoms. The van der Waals surface area contributed by atoms with Gasteiger partial charge in [-0.05, 0) is 32.9 Å². The van der Waals surface area contributed by atoms with Gasteiger partial charge < -0.3 is 0 Å². The van der Waals surface area contributed by atoms with Crippen LogP contribution in [-0.2, 0) is 0 Å². The van der Waals surface area contributed by atoms with Crippen molar-refractivity contribution in [3.05, 3.63) is 12.2 Å². The lowest BCUT2D eigenvalue weighted by Crippen LogP contribution is -2.26. The van der Waals surface area contributed by atoms with Crippen molar-refractivity contribution in [1.82, 2.24) is 4.90 Å². The van der Waals surface area contributed by atoms with E-state index in [0.717, 1.165) is 6.54 Å². The first-order valence-corrected chi connectivity index (χ1v) is 7.68. The molecule has 0 aromatic carbocycles. The summed E-state index contributed by atoms with van der Waals surface area (Å²) in [5.41, 5.74) is 0. The molecule has 0 radical (unpaired) electrons. The Morgan fingerprint density at radius 1 is 0.765 bits per heavy atom. The fourth-order valence-corrected chi connectivity index (χ4v) is 2.07. The van der Waals surface area contributed by atoms with E-state index in [1.165, 1.54) is 64.5 Å². The maximum atomic E-state index is 2.62. The highest BCUT2D eigenvalue weighted by atomic mass is 15.1. The summed E-state index contributed by atoms with van der Waals surface area (Å²) in [6, 6.07) is 0. The Morgan fingerprint density at radius 2 is 1.29 bits per heavy atom. The molecule has 0 aliphatic carbocycles. The number of nitrogens with zero attached hydrogens (tertiary/aromatic N) is 1. The van der Waals surface area contributed by atoms with E-state index in [0.29, 0.717) is 0 Å². The van der Waals surface area contributed by atoms with Gasteiger partial charge in [0.25, 0.3) is 0 Å². The average Bonchev–Trinajstić information content (AvgIpc) is 2.35. The Morgan fingerprint density at radius 3 is 1.71 bits per heavy atom. The molecule has 0 atom stereocenters. The third kappa shape index (κ3) is 12.0. The molecule has 0 saturated carbocycles. The highest BCUT2D eigenvalue weighted by Crippen LogP contribution is 2.05. The molecule has 0 fully saturated rings. The monoisotopic (exact) mass is 239 g/mol. The van der Waals surface area contributed by atoms with Crippen molar-refractivity contribution in [3.8, 4) is 0 Å². The van der Waals surface area contributed by atoms with Crippen LogP contribution in [0.2, 0.25) is 0 Å². The lowest BCUT2D eigenvalue weighted by molar-refractivity contribution is 0.286. The van der Waals surface area contributed by atoms with Gasteiger partial charge in [0, 0.05) is 6.54 Å². The summed E-state index contributed by atoms with van der Waals surface area (Å²) in [6.45, 7) is 10.4. The van der Waals surface area contributed by atoms with E-state index in [1.807, 2.05) is 0 Å². The van der Waals surface area contributed by atoms with Crippen molar-refractivity contribution in [2.75, 3.05) is 19.6 Å². The summed E-state index contributed by atoms with van der Waals surface area (Å²) in [6.07, 6.45) is 15.5. The van der Waals surface area contributed by atoms with Gasteiger partial charge in [0.05, 0.1) is 0 Å². The Balaban J connectivity index is 3.63. The minimum atomic E-state index is 1.15. The van der Waals surface area contributed by atoms with E-state index < -0.39 is 0 Å². The molecule has 17 heavy (non-hydrogen) atoms. The summed E-state index contributed by atoms with van der Waals surface area (Å²) < 4.78 is 0. The normalized spacial score (nSPS) is 11.8. The fraction of sp³-hybridized carbons (Fsp3) is 0.875. The maximum absolute atomic E-state index is 2.62. The van der Waals surface area contributed by atoms with Gasteiger partial charge in [0.15, 0.2) is 0 Å². The van der Waals surface area contributed by atoms with Gasteiger partial charge in [-0.25, -0.2) is 0 Å². The van der Waals surface area contributed by atoms with Crippen LogP contribution >= 0.6 is 0 Å². The molecule has 1 nitrogen and oxygen atoms in total. The summed E-state index contributed by atoms with van der Waals surface area (Å²) in [4.78, 5) is 2.62. The van der Waals surface area contributed by atoms with Crippen LogP contribution in [0, 0.1) is 0 Å². The molecule has 0 aliphatic rings. The standard InChI is InChI=1S/C16H33N/c1-4-7-10-12-15-17(14-9-6-3)16-13-11-8-5-2/h6,9H,4-5,7-8,10-16H2,1-3H3/b9-6+. The topological polar surface area (TPSA) is 3.24 Å². The van der Waals surface area contributed by atoms with Gasteiger partial charge >= 0.3 is 0 Å². The minimum absolute atomic E-state index is 1.15. The van der Waals surface area contributed by atoms with E-state index in [1.54, 1.807) is 0 Å². The van der Waals surface area contributed by atoms with Crippen LogP contribution in [-0.4, -0.2) is 24.5 Å². The van der Waals surface area contributed by atoms with Gasteiger partial charge in [0.2, 0.25) is 0 Å². The smallest absolute Gasteiger partial charge is 0.0163 e. The van der Waals surface area contributed by atoms with E-state index in [4.69, 9.17) is 0 Å². The highest BCUT2D eigenvalue weighted by Gasteiger charge is 2.02. The van der Waals surface area contributed by atoms with Crippen LogP contribution < -0.4 is 0 Å². The van der Waals surface area contributed by atoms with Crippen molar-refractivity contribution in [2.45, 2.75) is 72.1 Å². The first-order valence-electron chi connectivity index (χ1n) is 7.68. The van der Waals surface area contributed by atoms with Gasteiger partial charge in [-0.15, -0.1) is 0 Å². The molecule has 0 heterocycles. The van der Waals surface area contributed by atoms with Gasteiger partial charge in [-0.3, -0.25) is 4.90 Å². The molecule has 0 saturated heterocycles. The molecule has 102 valence electrons. The molecule has 0 amide bonds. The van der Waals surface area contributed by atoms with Crippen LogP contribution in [0.3, 0.4) is 0 Å². The molecule has 0 aromatic rings. The van der Waals surface area contributed by atoms with Gasteiger partial charge in [-0.1, -0.05) is 64.5 Å². The Kier molecular flexibility index (Phi) is 13.5. The van der Waals surface area contributed by atoms with E-state index >= 15 is 0 Å². The SMILES string of the molecule is C/C=C/CN(CCCCCC)CCCCCC. The Bertz CT molecular complexity index is 151. The summed E-state index contributed by atoms with van der Waals surface area (Å²) >= 11 is 0. The lowest BCUT2D eigenvalue weighted by atomic mass is 10.1. The summed E-state index contributed by atoms with van der Waals surface area (Å²) in [7, 11) is 0. The van der Waals surface area contributed by atoms with Crippen molar-refractivity contribution in [2.24, 2.45) is 0 Å². The van der Waals surface area contributed by atoms with Gasteiger partial charge in [0.1, 0.15) is 0 Å². The number of unbranched alkanes of at least 4 members (excludes halogenated alkanes) is 6. The lowest BCUT2D eigenvalue weighted by Gasteiger charge is -2.20. The number of hydrogen-bond donors (Lipinski definition) is 0.